The molecular formula is C15H21NO4. The number of rotatable bonds is 6. The van der Waals surface area contributed by atoms with Gasteiger partial charge >= 0.3 is 5.97 Å². The van der Waals surface area contributed by atoms with Gasteiger partial charge < -0.3 is 20.7 Å². The quantitative estimate of drug-likeness (QED) is 0.734. The fourth-order valence-electron chi connectivity index (χ4n) is 2.71. The van der Waals surface area contributed by atoms with Crippen molar-refractivity contribution in [3.8, 4) is 5.75 Å². The maximum atomic E-state index is 11.4. The van der Waals surface area contributed by atoms with Gasteiger partial charge in [0.25, 0.3) is 0 Å². The lowest BCUT2D eigenvalue weighted by atomic mass is 9.87. The zero-order valence-corrected chi connectivity index (χ0v) is 11.4. The number of carboxylic acids is 1. The van der Waals surface area contributed by atoms with Crippen LogP contribution in [0.2, 0.25) is 0 Å². The number of hydrogen-bond donors (Lipinski definition) is 3. The Morgan fingerprint density at radius 3 is 2.70 bits per heavy atom. The van der Waals surface area contributed by atoms with Crippen molar-refractivity contribution in [2.45, 2.75) is 37.8 Å². The van der Waals surface area contributed by atoms with Gasteiger partial charge in [0.2, 0.25) is 0 Å². The molecule has 1 aliphatic rings. The van der Waals surface area contributed by atoms with Crippen molar-refractivity contribution in [1.82, 2.24) is 0 Å². The summed E-state index contributed by atoms with van der Waals surface area (Å²) in [7, 11) is 0. The molecule has 5 heteroatoms. The molecule has 1 aromatic rings. The smallest absolute Gasteiger partial charge is 0.339 e. The van der Waals surface area contributed by atoms with E-state index in [0.717, 1.165) is 31.2 Å². The van der Waals surface area contributed by atoms with Crippen LogP contribution in [-0.2, 0) is 11.3 Å². The number of ether oxygens (including phenoxy) is 1. The molecule has 1 aromatic carbocycles. The summed E-state index contributed by atoms with van der Waals surface area (Å²) in [6, 6.07) is 7.16. The topological polar surface area (TPSA) is 92.8 Å². The number of benzene rings is 1. The van der Waals surface area contributed by atoms with Crippen LogP contribution in [0, 0.1) is 5.92 Å². The highest BCUT2D eigenvalue weighted by Gasteiger charge is 2.46. The van der Waals surface area contributed by atoms with Crippen LogP contribution in [-0.4, -0.2) is 28.4 Å². The summed E-state index contributed by atoms with van der Waals surface area (Å²) in [5.74, 6) is -0.914. The molecule has 0 bridgehead atoms. The first-order chi connectivity index (χ1) is 9.56. The molecule has 4 N–H and O–H groups in total. The summed E-state index contributed by atoms with van der Waals surface area (Å²) in [6.45, 7) is 0.157. The van der Waals surface area contributed by atoms with Crippen molar-refractivity contribution >= 4 is 5.97 Å². The summed E-state index contributed by atoms with van der Waals surface area (Å²) in [4.78, 5) is 11.4. The third kappa shape index (κ3) is 3.11. The highest BCUT2D eigenvalue weighted by atomic mass is 16.5. The van der Waals surface area contributed by atoms with Crippen LogP contribution in [0.4, 0.5) is 0 Å². The molecular weight excluding hydrogens is 258 g/mol. The monoisotopic (exact) mass is 279 g/mol. The van der Waals surface area contributed by atoms with Gasteiger partial charge in [0.15, 0.2) is 5.60 Å². The number of hydrogen-bond acceptors (Lipinski definition) is 4. The lowest BCUT2D eigenvalue weighted by Crippen LogP contribution is -2.50. The van der Waals surface area contributed by atoms with Gasteiger partial charge in [-0.3, -0.25) is 0 Å². The Labute approximate surface area is 118 Å². The van der Waals surface area contributed by atoms with Crippen molar-refractivity contribution in [3.05, 3.63) is 29.8 Å². The second-order valence-corrected chi connectivity index (χ2v) is 5.35. The molecule has 0 saturated heterocycles. The summed E-state index contributed by atoms with van der Waals surface area (Å²) >= 11 is 0. The largest absolute Gasteiger partial charge is 0.490 e. The minimum Gasteiger partial charge on any atom is -0.490 e. The van der Waals surface area contributed by atoms with E-state index < -0.39 is 11.6 Å². The van der Waals surface area contributed by atoms with Gasteiger partial charge in [-0.15, -0.1) is 0 Å². The van der Waals surface area contributed by atoms with E-state index in [2.05, 4.69) is 0 Å². The average molecular weight is 279 g/mol. The van der Waals surface area contributed by atoms with Gasteiger partial charge in [-0.05, 0) is 30.5 Å². The first-order valence-corrected chi connectivity index (χ1v) is 6.94. The Morgan fingerprint density at radius 1 is 1.40 bits per heavy atom. The first-order valence-electron chi connectivity index (χ1n) is 6.94. The minimum atomic E-state index is -1.81. The zero-order chi connectivity index (χ0) is 14.6. The fourth-order valence-corrected chi connectivity index (χ4v) is 2.71. The molecule has 2 rings (SSSR count). The van der Waals surface area contributed by atoms with Crippen LogP contribution in [0.3, 0.4) is 0 Å². The molecule has 1 unspecified atom stereocenters. The van der Waals surface area contributed by atoms with Gasteiger partial charge in [0.1, 0.15) is 12.4 Å². The molecule has 0 aromatic heterocycles. The normalized spacial score (nSPS) is 18.7. The zero-order valence-electron chi connectivity index (χ0n) is 11.4. The molecule has 0 radical (unpaired) electrons. The van der Waals surface area contributed by atoms with Gasteiger partial charge in [-0.2, -0.15) is 0 Å². The Bertz CT molecular complexity index is 471. The highest BCUT2D eigenvalue weighted by Crippen LogP contribution is 2.35. The van der Waals surface area contributed by atoms with Crippen molar-refractivity contribution in [3.63, 3.8) is 0 Å². The molecule has 1 atom stereocenters. The molecule has 1 fully saturated rings. The van der Waals surface area contributed by atoms with E-state index >= 15 is 0 Å². The fraction of sp³-hybridized carbons (Fsp3) is 0.533. The summed E-state index contributed by atoms with van der Waals surface area (Å²) in [5, 5.41) is 19.7. The van der Waals surface area contributed by atoms with E-state index in [1.54, 1.807) is 18.2 Å². The molecule has 5 nitrogen and oxygen atoms in total. The molecule has 0 aliphatic heterocycles. The third-order valence-electron chi connectivity index (χ3n) is 3.99. The van der Waals surface area contributed by atoms with E-state index in [9.17, 15) is 15.0 Å². The van der Waals surface area contributed by atoms with Crippen LogP contribution in [0.25, 0.3) is 0 Å². The Hall–Kier alpha value is -1.59. The van der Waals surface area contributed by atoms with Gasteiger partial charge in [0, 0.05) is 12.5 Å². The van der Waals surface area contributed by atoms with E-state index in [0.29, 0.717) is 12.3 Å². The Kier molecular flexibility index (Phi) is 4.62. The maximum Gasteiger partial charge on any atom is 0.339 e. The Morgan fingerprint density at radius 2 is 2.10 bits per heavy atom. The predicted octanol–water partition coefficient (Wildman–Crippen LogP) is 1.53. The van der Waals surface area contributed by atoms with Gasteiger partial charge in [0.05, 0.1) is 0 Å². The SMILES string of the molecule is NCc1cccc(OCC(O)(C(=O)O)C2CCCC2)c1. The van der Waals surface area contributed by atoms with E-state index in [1.165, 1.54) is 0 Å². The first kappa shape index (κ1) is 14.8. The number of nitrogens with two attached hydrogens (primary N) is 1. The van der Waals surface area contributed by atoms with Crippen molar-refractivity contribution in [1.29, 1.82) is 0 Å². The van der Waals surface area contributed by atoms with Crippen molar-refractivity contribution < 1.29 is 19.7 Å². The predicted molar refractivity (Wildman–Crippen MR) is 74.4 cm³/mol. The molecule has 1 saturated carbocycles. The second kappa shape index (κ2) is 6.24. The van der Waals surface area contributed by atoms with E-state index in [4.69, 9.17) is 10.5 Å². The van der Waals surface area contributed by atoms with Crippen LogP contribution >= 0.6 is 0 Å². The van der Waals surface area contributed by atoms with Crippen molar-refractivity contribution in [2.75, 3.05) is 6.61 Å². The second-order valence-electron chi connectivity index (χ2n) is 5.35. The number of aliphatic hydroxyl groups is 1. The molecule has 20 heavy (non-hydrogen) atoms. The molecule has 0 amide bonds. The van der Waals surface area contributed by atoms with E-state index in [-0.39, 0.29) is 12.5 Å². The molecule has 110 valence electrons. The number of carbonyl (C=O) groups is 1. The van der Waals surface area contributed by atoms with Crippen LogP contribution < -0.4 is 10.5 Å². The Balaban J connectivity index is 2.06. The van der Waals surface area contributed by atoms with Crippen molar-refractivity contribution in [2.24, 2.45) is 11.7 Å². The summed E-state index contributed by atoms with van der Waals surface area (Å²) in [5.41, 5.74) is 4.64. The van der Waals surface area contributed by atoms with Crippen LogP contribution in [0.1, 0.15) is 31.2 Å². The molecule has 1 aliphatic carbocycles. The summed E-state index contributed by atoms with van der Waals surface area (Å²) in [6.07, 6.45) is 3.38. The molecule has 0 spiro atoms. The third-order valence-corrected chi connectivity index (χ3v) is 3.99. The lowest BCUT2D eigenvalue weighted by molar-refractivity contribution is -0.169. The van der Waals surface area contributed by atoms with Crippen LogP contribution in [0.15, 0.2) is 24.3 Å². The van der Waals surface area contributed by atoms with Gasteiger partial charge in [-0.1, -0.05) is 25.0 Å². The average Bonchev–Trinajstić information content (AvgIpc) is 2.99. The molecule has 0 heterocycles. The van der Waals surface area contributed by atoms with Crippen LogP contribution in [0.5, 0.6) is 5.75 Å². The number of aliphatic carboxylic acids is 1. The highest BCUT2D eigenvalue weighted by molar-refractivity contribution is 5.77. The number of carboxylic acid groups (broad SMARTS) is 1. The maximum absolute atomic E-state index is 11.4. The van der Waals surface area contributed by atoms with E-state index in [1.807, 2.05) is 6.07 Å². The standard InChI is InChI=1S/C15H21NO4/c16-9-11-4-3-7-13(8-11)20-10-15(19,14(17)18)12-5-1-2-6-12/h3-4,7-8,12,19H,1-2,5-6,9-10,16H2,(H,17,18). The van der Waals surface area contributed by atoms with Gasteiger partial charge in [-0.25, -0.2) is 4.79 Å². The summed E-state index contributed by atoms with van der Waals surface area (Å²) < 4.78 is 5.50. The minimum absolute atomic E-state index is 0.235. The lowest BCUT2D eigenvalue weighted by Gasteiger charge is -2.29.